The molecule has 3 N–H and O–H groups in total. The van der Waals surface area contributed by atoms with Crippen LogP contribution in [-0.4, -0.2) is 72.4 Å². The standard InChI is InChI=1S/C54H52N6O7S/c1-52(43-25-10-5-11-26-43)58-54(33-38-19-8-4-9-20-38)47(67-52)45-28-15-13-23-42(45)36-60(50(54)62)51(63)56-34-39-21-16-24-40(31-39)48-57-53(32-37-17-6-3-7-18-37)46(66-48)44-27-14-12-22-41(44)35-59(49(53)61)29-30-68(64,65)55-2/h3-28,31,46-47,55,58H,29-30,32-36H2,1-2H3,(H,56,63)/t46-,47-,52?,53-,54-/m0/s1. The first-order valence-electron chi connectivity index (χ1n) is 22.8. The molecule has 4 amide bonds. The zero-order chi connectivity index (χ0) is 47.1. The zero-order valence-corrected chi connectivity index (χ0v) is 38.6. The van der Waals surface area contributed by atoms with Crippen molar-refractivity contribution in [2.75, 3.05) is 19.3 Å². The molecule has 6 aromatic rings. The highest BCUT2D eigenvalue weighted by Gasteiger charge is 2.62. The molecule has 346 valence electrons. The molecule has 5 atom stereocenters. The van der Waals surface area contributed by atoms with Crippen molar-refractivity contribution in [2.45, 2.75) is 68.4 Å². The summed E-state index contributed by atoms with van der Waals surface area (Å²) in [4.78, 5) is 53.2. The second-order valence-electron chi connectivity index (χ2n) is 18.1. The molecule has 4 aliphatic rings. The lowest BCUT2D eigenvalue weighted by molar-refractivity contribution is -0.139. The van der Waals surface area contributed by atoms with Crippen molar-refractivity contribution in [3.63, 3.8) is 0 Å². The fourth-order valence-electron chi connectivity index (χ4n) is 10.2. The summed E-state index contributed by atoms with van der Waals surface area (Å²) >= 11 is 0. The van der Waals surface area contributed by atoms with E-state index in [4.69, 9.17) is 14.5 Å². The van der Waals surface area contributed by atoms with Crippen molar-refractivity contribution in [1.29, 1.82) is 0 Å². The van der Waals surface area contributed by atoms with Crippen LogP contribution < -0.4 is 15.4 Å². The number of nitrogens with one attached hydrogen (secondary N) is 3. The Balaban J connectivity index is 0.967. The monoisotopic (exact) mass is 928 g/mol. The van der Waals surface area contributed by atoms with Gasteiger partial charge < -0.3 is 19.7 Å². The number of aliphatic imine (C=N–C) groups is 1. The molecule has 0 saturated carbocycles. The number of benzene rings is 6. The second-order valence-corrected chi connectivity index (χ2v) is 20.1. The van der Waals surface area contributed by atoms with E-state index in [0.717, 1.165) is 38.9 Å². The third kappa shape index (κ3) is 8.27. The van der Waals surface area contributed by atoms with Crippen LogP contribution >= 0.6 is 0 Å². The topological polar surface area (TPSA) is 159 Å². The SMILES string of the molecule is CNS(=O)(=O)CCN1Cc2ccccc2[C@@H]2OC(c3cccc(CNC(=O)N4Cc5ccccc5[C@@H]5OC(C)(c6ccccc6)N[C@]5(Cc5ccccc5)C4=O)c3)=N[C@]2(Cc2ccccc2)C1=O. The summed E-state index contributed by atoms with van der Waals surface area (Å²) in [6.07, 6.45) is -1.10. The molecule has 13 nitrogen and oxygen atoms in total. The van der Waals surface area contributed by atoms with Gasteiger partial charge in [0.25, 0.3) is 11.8 Å². The highest BCUT2D eigenvalue weighted by molar-refractivity contribution is 7.89. The molecule has 6 aromatic carbocycles. The Bertz CT molecular complexity index is 3030. The maximum Gasteiger partial charge on any atom is 0.324 e. The number of fused-ring (bicyclic) bond motifs is 6. The summed E-state index contributed by atoms with van der Waals surface area (Å²) in [5.74, 6) is -0.786. The molecule has 0 radical (unpaired) electrons. The van der Waals surface area contributed by atoms with Gasteiger partial charge in [-0.2, -0.15) is 0 Å². The molecular formula is C54H52N6O7S. The van der Waals surface area contributed by atoms with E-state index in [1.165, 1.54) is 11.9 Å². The van der Waals surface area contributed by atoms with Crippen molar-refractivity contribution in [2.24, 2.45) is 4.99 Å². The number of ether oxygens (including phenoxy) is 2. The average molecular weight is 929 g/mol. The molecule has 10 rings (SSSR count). The lowest BCUT2D eigenvalue weighted by Crippen LogP contribution is -2.62. The summed E-state index contributed by atoms with van der Waals surface area (Å²) < 4.78 is 41.5. The number of carbonyl (C=O) groups is 3. The van der Waals surface area contributed by atoms with E-state index >= 15 is 9.59 Å². The van der Waals surface area contributed by atoms with Crippen LogP contribution in [0, 0.1) is 0 Å². The summed E-state index contributed by atoms with van der Waals surface area (Å²) in [6.45, 7) is 2.16. The van der Waals surface area contributed by atoms with Crippen molar-refractivity contribution in [1.82, 2.24) is 25.2 Å². The zero-order valence-electron chi connectivity index (χ0n) is 37.8. The lowest BCUT2D eigenvalue weighted by Gasteiger charge is -2.35. The number of amides is 4. The maximum atomic E-state index is 15.4. The average Bonchev–Trinajstić information content (AvgIpc) is 3.85. The van der Waals surface area contributed by atoms with E-state index in [0.29, 0.717) is 11.1 Å². The van der Waals surface area contributed by atoms with Crippen LogP contribution in [0.4, 0.5) is 4.79 Å². The second kappa shape index (κ2) is 17.9. The van der Waals surface area contributed by atoms with Crippen LogP contribution in [0.2, 0.25) is 0 Å². The Morgan fingerprint density at radius 2 is 1.31 bits per heavy atom. The van der Waals surface area contributed by atoms with E-state index in [9.17, 15) is 13.2 Å². The van der Waals surface area contributed by atoms with Crippen molar-refractivity contribution in [3.8, 4) is 0 Å². The first-order valence-corrected chi connectivity index (χ1v) is 24.5. The molecular weight excluding hydrogens is 877 g/mol. The summed E-state index contributed by atoms with van der Waals surface area (Å²) in [5, 5.41) is 6.72. The van der Waals surface area contributed by atoms with Gasteiger partial charge in [-0.15, -0.1) is 0 Å². The number of carbonyl (C=O) groups excluding carboxylic acids is 3. The number of hydrogen-bond acceptors (Lipinski definition) is 9. The van der Waals surface area contributed by atoms with Crippen LogP contribution in [0.1, 0.15) is 69.2 Å². The van der Waals surface area contributed by atoms with Crippen molar-refractivity contribution >= 4 is 33.8 Å². The van der Waals surface area contributed by atoms with Gasteiger partial charge in [-0.1, -0.05) is 152 Å². The number of sulfonamides is 1. The lowest BCUT2D eigenvalue weighted by atomic mass is 9.81. The van der Waals surface area contributed by atoms with Gasteiger partial charge in [-0.05, 0) is 65.0 Å². The quantitative estimate of drug-likeness (QED) is 0.120. The number of nitrogens with zero attached hydrogens (tertiary/aromatic N) is 3. The molecule has 0 aromatic heterocycles. The predicted molar refractivity (Wildman–Crippen MR) is 257 cm³/mol. The fourth-order valence-corrected chi connectivity index (χ4v) is 10.9. The maximum absolute atomic E-state index is 15.4. The van der Waals surface area contributed by atoms with E-state index in [1.54, 1.807) is 4.90 Å². The minimum absolute atomic E-state index is 0.0317. The largest absolute Gasteiger partial charge is 0.466 e. The highest BCUT2D eigenvalue weighted by Crippen LogP contribution is 2.50. The van der Waals surface area contributed by atoms with Gasteiger partial charge in [-0.3, -0.25) is 19.8 Å². The molecule has 0 spiro atoms. The van der Waals surface area contributed by atoms with Gasteiger partial charge in [0.1, 0.15) is 17.4 Å². The van der Waals surface area contributed by atoms with Crippen molar-refractivity contribution in [3.05, 3.63) is 214 Å². The van der Waals surface area contributed by atoms with E-state index < -0.39 is 51.0 Å². The van der Waals surface area contributed by atoms with Gasteiger partial charge in [0.2, 0.25) is 15.9 Å². The Morgan fingerprint density at radius 3 is 1.99 bits per heavy atom. The Labute approximate surface area is 396 Å². The Kier molecular flexibility index (Phi) is 11.8. The van der Waals surface area contributed by atoms with Crippen LogP contribution in [0.3, 0.4) is 0 Å². The minimum atomic E-state index is -3.63. The van der Waals surface area contributed by atoms with Gasteiger partial charge in [0.15, 0.2) is 11.6 Å². The van der Waals surface area contributed by atoms with Crippen LogP contribution in [0.5, 0.6) is 0 Å². The number of imide groups is 1. The molecule has 0 aliphatic carbocycles. The Morgan fingerprint density at radius 1 is 0.721 bits per heavy atom. The normalized spacial score (nSPS) is 24.1. The molecule has 4 heterocycles. The van der Waals surface area contributed by atoms with E-state index in [1.807, 2.05) is 171 Å². The van der Waals surface area contributed by atoms with Crippen molar-refractivity contribution < 1.29 is 32.3 Å². The smallest absolute Gasteiger partial charge is 0.324 e. The summed E-state index contributed by atoms with van der Waals surface area (Å²) in [5.41, 5.74) is 3.27. The number of hydrogen-bond donors (Lipinski definition) is 3. The molecule has 68 heavy (non-hydrogen) atoms. The fraction of sp³-hybridized carbons (Fsp3) is 0.259. The van der Waals surface area contributed by atoms with Gasteiger partial charge in [0.05, 0.1) is 12.3 Å². The molecule has 1 saturated heterocycles. The molecule has 4 aliphatic heterocycles. The third-order valence-corrected chi connectivity index (χ3v) is 15.0. The molecule has 1 fully saturated rings. The number of urea groups is 1. The first kappa shape index (κ1) is 44.8. The van der Waals surface area contributed by atoms with E-state index in [-0.39, 0.29) is 56.6 Å². The minimum Gasteiger partial charge on any atom is -0.466 e. The van der Waals surface area contributed by atoms with Crippen LogP contribution in [0.15, 0.2) is 169 Å². The molecule has 14 heteroatoms. The molecule has 0 bridgehead atoms. The van der Waals surface area contributed by atoms with Crippen LogP contribution in [0.25, 0.3) is 0 Å². The van der Waals surface area contributed by atoms with Crippen LogP contribution in [-0.2, 0) is 67.3 Å². The predicted octanol–water partition coefficient (Wildman–Crippen LogP) is 6.84. The highest BCUT2D eigenvalue weighted by atomic mass is 32.2. The molecule has 1 unspecified atom stereocenters. The summed E-state index contributed by atoms with van der Waals surface area (Å²) in [7, 11) is -2.28. The third-order valence-electron chi connectivity index (χ3n) is 13.6. The van der Waals surface area contributed by atoms with Gasteiger partial charge in [0, 0.05) is 43.6 Å². The first-order chi connectivity index (χ1) is 32.9. The van der Waals surface area contributed by atoms with Gasteiger partial charge in [-0.25, -0.2) is 22.9 Å². The number of rotatable bonds is 12. The van der Waals surface area contributed by atoms with Gasteiger partial charge >= 0.3 is 6.03 Å². The summed E-state index contributed by atoms with van der Waals surface area (Å²) in [6, 6.07) is 51.4. The van der Waals surface area contributed by atoms with E-state index in [2.05, 4.69) is 15.4 Å². The Hall–Kier alpha value is -6.97.